The molecule has 1 aliphatic heterocycles. The van der Waals surface area contributed by atoms with E-state index in [9.17, 15) is 14.4 Å². The molecule has 3 N–H and O–H groups in total. The third kappa shape index (κ3) is 7.65. The molecular weight excluding hydrogens is 278 g/mol. The fourth-order valence-corrected chi connectivity index (χ4v) is 2.85. The normalized spacial score (nSPS) is 24.6. The van der Waals surface area contributed by atoms with E-state index in [0.717, 1.165) is 0 Å². The third-order valence-electron chi connectivity index (χ3n) is 3.98. The number of hydrogen-bond donors (Lipinski definition) is 3. The highest BCUT2D eigenvalue weighted by Gasteiger charge is 2.23. The van der Waals surface area contributed by atoms with Crippen LogP contribution in [-0.4, -0.2) is 57.8 Å². The van der Waals surface area contributed by atoms with Gasteiger partial charge in [0.25, 0.3) is 0 Å². The second kappa shape index (κ2) is 8.61. The monoisotopic (exact) mass is 301 g/mol. The highest BCUT2D eigenvalue weighted by Crippen LogP contribution is 2.26. The molecule has 0 aromatic rings. The SMILES string of the molecule is O=C(O)CC1CCC(CC(=O)O)CCN(CC(=O)O)CC1. The van der Waals surface area contributed by atoms with Crippen molar-refractivity contribution < 1.29 is 29.7 Å². The fraction of sp³-hybridized carbons (Fsp3) is 0.786. The van der Waals surface area contributed by atoms with Gasteiger partial charge in [0.05, 0.1) is 6.54 Å². The van der Waals surface area contributed by atoms with Crippen LogP contribution in [0.15, 0.2) is 0 Å². The third-order valence-corrected chi connectivity index (χ3v) is 3.98. The van der Waals surface area contributed by atoms with Crippen LogP contribution in [0.1, 0.15) is 38.5 Å². The number of rotatable bonds is 6. The Hall–Kier alpha value is -1.63. The highest BCUT2D eigenvalue weighted by atomic mass is 16.4. The van der Waals surface area contributed by atoms with Crippen LogP contribution in [-0.2, 0) is 14.4 Å². The zero-order valence-electron chi connectivity index (χ0n) is 12.0. The van der Waals surface area contributed by atoms with Gasteiger partial charge in [0, 0.05) is 12.8 Å². The van der Waals surface area contributed by atoms with Crippen molar-refractivity contribution in [1.82, 2.24) is 4.90 Å². The molecule has 0 aromatic heterocycles. The molecule has 0 aliphatic carbocycles. The van der Waals surface area contributed by atoms with Gasteiger partial charge in [-0.3, -0.25) is 19.3 Å². The quantitative estimate of drug-likeness (QED) is 0.673. The number of hydrogen-bond acceptors (Lipinski definition) is 4. The van der Waals surface area contributed by atoms with Crippen LogP contribution in [0.2, 0.25) is 0 Å². The average molecular weight is 301 g/mol. The van der Waals surface area contributed by atoms with Crippen LogP contribution >= 0.6 is 0 Å². The summed E-state index contributed by atoms with van der Waals surface area (Å²) in [6.45, 7) is 1.01. The van der Waals surface area contributed by atoms with Crippen molar-refractivity contribution in [1.29, 1.82) is 0 Å². The summed E-state index contributed by atoms with van der Waals surface area (Å²) < 4.78 is 0. The summed E-state index contributed by atoms with van der Waals surface area (Å²) in [4.78, 5) is 34.4. The van der Waals surface area contributed by atoms with Gasteiger partial charge < -0.3 is 15.3 Å². The van der Waals surface area contributed by atoms with Gasteiger partial charge in [-0.2, -0.15) is 0 Å². The zero-order chi connectivity index (χ0) is 15.8. The largest absolute Gasteiger partial charge is 0.481 e. The molecule has 1 rings (SSSR count). The van der Waals surface area contributed by atoms with Crippen molar-refractivity contribution in [3.63, 3.8) is 0 Å². The van der Waals surface area contributed by atoms with Gasteiger partial charge in [0.1, 0.15) is 0 Å². The molecule has 0 radical (unpaired) electrons. The van der Waals surface area contributed by atoms with Crippen LogP contribution < -0.4 is 0 Å². The van der Waals surface area contributed by atoms with E-state index in [1.54, 1.807) is 4.90 Å². The Labute approximate surface area is 123 Å². The molecule has 0 saturated carbocycles. The van der Waals surface area contributed by atoms with Gasteiger partial charge in [-0.15, -0.1) is 0 Å². The Morgan fingerprint density at radius 3 is 1.52 bits per heavy atom. The summed E-state index contributed by atoms with van der Waals surface area (Å²) in [5, 5.41) is 26.7. The lowest BCUT2D eigenvalue weighted by molar-refractivity contribution is -0.140. The molecule has 0 bridgehead atoms. The number of nitrogens with zero attached hydrogens (tertiary/aromatic N) is 1. The molecule has 0 aromatic carbocycles. The Kier molecular flexibility index (Phi) is 7.14. The number of aliphatic carboxylic acids is 3. The second-order valence-electron chi connectivity index (χ2n) is 5.75. The molecular formula is C14H23NO6. The van der Waals surface area contributed by atoms with Crippen LogP contribution in [0.5, 0.6) is 0 Å². The smallest absolute Gasteiger partial charge is 0.317 e. The molecule has 7 nitrogen and oxygen atoms in total. The molecule has 0 amide bonds. The predicted octanol–water partition coefficient (Wildman–Crippen LogP) is 1.13. The summed E-state index contributed by atoms with van der Waals surface area (Å²) >= 11 is 0. The maximum absolute atomic E-state index is 10.9. The fourth-order valence-electron chi connectivity index (χ4n) is 2.85. The van der Waals surface area contributed by atoms with Gasteiger partial charge in [0.15, 0.2) is 0 Å². The van der Waals surface area contributed by atoms with E-state index in [-0.39, 0.29) is 31.2 Å². The van der Waals surface area contributed by atoms with Crippen molar-refractivity contribution in [3.05, 3.63) is 0 Å². The maximum Gasteiger partial charge on any atom is 0.317 e. The standard InChI is InChI=1S/C14H23NO6/c16-12(17)7-10-1-2-11(8-13(18)19)4-6-15(5-3-10)9-14(20)21/h10-11H,1-9H2,(H,16,17)(H,18,19)(H,20,21). The van der Waals surface area contributed by atoms with Crippen molar-refractivity contribution in [2.45, 2.75) is 38.5 Å². The number of carbonyl (C=O) groups is 3. The van der Waals surface area contributed by atoms with Gasteiger partial charge in [-0.25, -0.2) is 0 Å². The molecule has 7 heteroatoms. The second-order valence-corrected chi connectivity index (χ2v) is 5.75. The molecule has 2 atom stereocenters. The minimum atomic E-state index is -0.918. The molecule has 1 saturated heterocycles. The van der Waals surface area contributed by atoms with Gasteiger partial charge in [-0.1, -0.05) is 0 Å². The first-order valence-electron chi connectivity index (χ1n) is 7.24. The summed E-state index contributed by atoms with van der Waals surface area (Å²) in [7, 11) is 0. The lowest BCUT2D eigenvalue weighted by Crippen LogP contribution is -2.33. The lowest BCUT2D eigenvalue weighted by atomic mass is 9.89. The van der Waals surface area contributed by atoms with E-state index in [0.29, 0.717) is 38.8 Å². The molecule has 120 valence electrons. The Morgan fingerprint density at radius 1 is 0.762 bits per heavy atom. The summed E-state index contributed by atoms with van der Waals surface area (Å²) in [5.74, 6) is -2.68. The Morgan fingerprint density at radius 2 is 1.19 bits per heavy atom. The zero-order valence-corrected chi connectivity index (χ0v) is 12.0. The lowest BCUT2D eigenvalue weighted by Gasteiger charge is -2.21. The van der Waals surface area contributed by atoms with Gasteiger partial charge >= 0.3 is 17.9 Å². The highest BCUT2D eigenvalue weighted by molar-refractivity contribution is 5.69. The minimum Gasteiger partial charge on any atom is -0.481 e. The molecule has 21 heavy (non-hydrogen) atoms. The van der Waals surface area contributed by atoms with Crippen molar-refractivity contribution in [3.8, 4) is 0 Å². The molecule has 1 heterocycles. The summed E-state index contributed by atoms with van der Waals surface area (Å²) in [6.07, 6.45) is 2.76. The van der Waals surface area contributed by atoms with E-state index in [4.69, 9.17) is 15.3 Å². The maximum atomic E-state index is 10.9. The van der Waals surface area contributed by atoms with Crippen molar-refractivity contribution >= 4 is 17.9 Å². The first-order valence-corrected chi connectivity index (χ1v) is 7.24. The van der Waals surface area contributed by atoms with E-state index >= 15 is 0 Å². The predicted molar refractivity (Wildman–Crippen MR) is 74.0 cm³/mol. The van der Waals surface area contributed by atoms with Crippen LogP contribution in [0.4, 0.5) is 0 Å². The topological polar surface area (TPSA) is 115 Å². The van der Waals surface area contributed by atoms with Crippen LogP contribution in [0, 0.1) is 11.8 Å². The first-order chi connectivity index (χ1) is 9.86. The van der Waals surface area contributed by atoms with E-state index < -0.39 is 17.9 Å². The van der Waals surface area contributed by atoms with E-state index in [1.807, 2.05) is 0 Å². The van der Waals surface area contributed by atoms with Crippen LogP contribution in [0.25, 0.3) is 0 Å². The molecule has 2 unspecified atom stereocenters. The average Bonchev–Trinajstić information content (AvgIpc) is 2.42. The van der Waals surface area contributed by atoms with E-state index in [2.05, 4.69) is 0 Å². The molecule has 1 fully saturated rings. The molecule has 1 aliphatic rings. The van der Waals surface area contributed by atoms with Crippen molar-refractivity contribution in [2.75, 3.05) is 19.6 Å². The van der Waals surface area contributed by atoms with E-state index in [1.165, 1.54) is 0 Å². The van der Waals surface area contributed by atoms with Crippen LogP contribution in [0.3, 0.4) is 0 Å². The van der Waals surface area contributed by atoms with Gasteiger partial charge in [0.2, 0.25) is 0 Å². The van der Waals surface area contributed by atoms with Crippen molar-refractivity contribution in [2.24, 2.45) is 11.8 Å². The Bertz CT molecular complexity index is 315. The number of carboxylic acids is 3. The first kappa shape index (κ1) is 17.4. The van der Waals surface area contributed by atoms with Gasteiger partial charge in [-0.05, 0) is 50.6 Å². The molecule has 0 spiro atoms. The number of carboxylic acid groups (broad SMARTS) is 3. The Balaban J connectivity index is 2.68. The summed E-state index contributed by atoms with van der Waals surface area (Å²) in [5.41, 5.74) is 0. The summed E-state index contributed by atoms with van der Waals surface area (Å²) in [6, 6.07) is 0. The minimum absolute atomic E-state index is 0.0202.